The summed E-state index contributed by atoms with van der Waals surface area (Å²) in [6, 6.07) is 8.55. The summed E-state index contributed by atoms with van der Waals surface area (Å²) in [6.07, 6.45) is 13.8. The van der Waals surface area contributed by atoms with Crippen LogP contribution in [0.15, 0.2) is 29.3 Å². The van der Waals surface area contributed by atoms with Crippen LogP contribution in [0.2, 0.25) is 0 Å². The van der Waals surface area contributed by atoms with Crippen LogP contribution in [-0.2, 0) is 7.05 Å². The fourth-order valence-corrected chi connectivity index (χ4v) is 4.05. The highest BCUT2D eigenvalue weighted by molar-refractivity contribution is 7.16. The highest BCUT2D eigenvalue weighted by Gasteiger charge is 2.00. The van der Waals surface area contributed by atoms with Gasteiger partial charge in [-0.25, -0.2) is 0 Å². The summed E-state index contributed by atoms with van der Waals surface area (Å²) in [5, 5.41) is 0. The van der Waals surface area contributed by atoms with E-state index in [0.29, 0.717) is 0 Å². The maximum atomic E-state index is 4.79. The van der Waals surface area contributed by atoms with E-state index >= 15 is 0 Å². The summed E-state index contributed by atoms with van der Waals surface area (Å²) in [7, 11) is 2.12. The number of nitrogens with zero attached hydrogens (tertiary/aromatic N) is 2. The van der Waals surface area contributed by atoms with Gasteiger partial charge in [0.25, 0.3) is 0 Å². The zero-order valence-corrected chi connectivity index (χ0v) is 15.7. The molecule has 2 nitrogen and oxygen atoms in total. The molecule has 0 fully saturated rings. The normalized spacial score (nSPS) is 12.3. The SMILES string of the molecule is CCCCCCCCCCCCN=c1sc2ccccc2n1C. The van der Waals surface area contributed by atoms with Crippen molar-refractivity contribution in [2.75, 3.05) is 6.54 Å². The lowest BCUT2D eigenvalue weighted by Gasteiger charge is -2.01. The number of benzene rings is 1. The van der Waals surface area contributed by atoms with Crippen LogP contribution in [-0.4, -0.2) is 11.1 Å². The summed E-state index contributed by atoms with van der Waals surface area (Å²) in [4.78, 5) is 5.95. The lowest BCUT2D eigenvalue weighted by molar-refractivity contribution is 0.557. The number of fused-ring (bicyclic) bond motifs is 1. The van der Waals surface area contributed by atoms with E-state index < -0.39 is 0 Å². The van der Waals surface area contributed by atoms with Crippen LogP contribution in [0.4, 0.5) is 0 Å². The Hall–Kier alpha value is -1.09. The highest BCUT2D eigenvalue weighted by atomic mass is 32.1. The van der Waals surface area contributed by atoms with Crippen molar-refractivity contribution in [2.45, 2.75) is 71.1 Å². The van der Waals surface area contributed by atoms with Crippen LogP contribution in [0.5, 0.6) is 0 Å². The van der Waals surface area contributed by atoms with E-state index in [9.17, 15) is 0 Å². The number of aromatic nitrogens is 1. The van der Waals surface area contributed by atoms with Crippen molar-refractivity contribution in [2.24, 2.45) is 12.0 Å². The summed E-state index contributed by atoms with van der Waals surface area (Å²) < 4.78 is 3.55. The van der Waals surface area contributed by atoms with E-state index in [-0.39, 0.29) is 0 Å². The Morgan fingerprint density at radius 2 is 1.48 bits per heavy atom. The van der Waals surface area contributed by atoms with Gasteiger partial charge in [-0.3, -0.25) is 4.99 Å². The first-order valence-electron chi connectivity index (χ1n) is 9.38. The Bertz CT molecular complexity index is 624. The number of para-hydroxylation sites is 1. The molecule has 0 N–H and O–H groups in total. The molecule has 0 bridgehead atoms. The largest absolute Gasteiger partial charge is 0.320 e. The maximum Gasteiger partial charge on any atom is 0.185 e. The van der Waals surface area contributed by atoms with Gasteiger partial charge < -0.3 is 4.57 Å². The lowest BCUT2D eigenvalue weighted by Crippen LogP contribution is -2.10. The summed E-state index contributed by atoms with van der Waals surface area (Å²) in [6.45, 7) is 3.25. The van der Waals surface area contributed by atoms with Gasteiger partial charge in [-0.05, 0) is 18.6 Å². The van der Waals surface area contributed by atoms with E-state index in [1.807, 2.05) is 0 Å². The fourth-order valence-electron chi connectivity index (χ4n) is 3.00. The molecule has 0 aliphatic heterocycles. The number of thiazole rings is 1. The molecule has 1 aromatic carbocycles. The fraction of sp³-hybridized carbons (Fsp3) is 0.650. The molecule has 2 aromatic rings. The van der Waals surface area contributed by atoms with Crippen LogP contribution in [0.3, 0.4) is 0 Å². The molecule has 23 heavy (non-hydrogen) atoms. The number of aryl methyl sites for hydroxylation is 1. The van der Waals surface area contributed by atoms with Gasteiger partial charge in [-0.1, -0.05) is 88.2 Å². The quantitative estimate of drug-likeness (QED) is 0.445. The number of hydrogen-bond acceptors (Lipinski definition) is 2. The second-order valence-electron chi connectivity index (χ2n) is 6.48. The van der Waals surface area contributed by atoms with Crippen molar-refractivity contribution >= 4 is 21.6 Å². The maximum absolute atomic E-state index is 4.79. The number of unbranched alkanes of at least 4 members (excludes halogenated alkanes) is 9. The van der Waals surface area contributed by atoms with Crippen LogP contribution in [0.1, 0.15) is 71.1 Å². The van der Waals surface area contributed by atoms with Gasteiger partial charge in [0.05, 0.1) is 10.2 Å². The number of hydrogen-bond donors (Lipinski definition) is 0. The van der Waals surface area contributed by atoms with Crippen molar-refractivity contribution in [1.29, 1.82) is 0 Å². The van der Waals surface area contributed by atoms with E-state index in [1.165, 1.54) is 74.4 Å². The van der Waals surface area contributed by atoms with Crippen molar-refractivity contribution in [3.05, 3.63) is 29.1 Å². The molecule has 1 aromatic heterocycles. The number of rotatable bonds is 11. The Labute approximate surface area is 145 Å². The van der Waals surface area contributed by atoms with E-state index in [2.05, 4.69) is 42.8 Å². The molecule has 0 saturated carbocycles. The first kappa shape index (κ1) is 18.3. The van der Waals surface area contributed by atoms with Crippen LogP contribution in [0, 0.1) is 0 Å². The molecule has 0 radical (unpaired) electrons. The molecule has 0 amide bonds. The van der Waals surface area contributed by atoms with Gasteiger partial charge in [-0.2, -0.15) is 0 Å². The zero-order chi connectivity index (χ0) is 16.3. The highest BCUT2D eigenvalue weighted by Crippen LogP contribution is 2.15. The average Bonchev–Trinajstić information content (AvgIpc) is 2.89. The van der Waals surface area contributed by atoms with Gasteiger partial charge in [-0.15, -0.1) is 0 Å². The summed E-state index contributed by atoms with van der Waals surface area (Å²) >= 11 is 1.80. The van der Waals surface area contributed by atoms with Crippen molar-refractivity contribution < 1.29 is 0 Å². The first-order valence-corrected chi connectivity index (χ1v) is 10.2. The Kier molecular flexibility index (Phi) is 8.44. The zero-order valence-electron chi connectivity index (χ0n) is 14.9. The Balaban J connectivity index is 1.60. The molecular weight excluding hydrogens is 300 g/mol. The minimum Gasteiger partial charge on any atom is -0.320 e. The third-order valence-electron chi connectivity index (χ3n) is 4.47. The molecule has 0 atom stereocenters. The third-order valence-corrected chi connectivity index (χ3v) is 5.62. The van der Waals surface area contributed by atoms with Gasteiger partial charge >= 0.3 is 0 Å². The lowest BCUT2D eigenvalue weighted by atomic mass is 10.1. The molecule has 0 saturated heterocycles. The smallest absolute Gasteiger partial charge is 0.185 e. The first-order chi connectivity index (χ1) is 11.3. The molecule has 1 heterocycles. The van der Waals surface area contributed by atoms with Gasteiger partial charge in [0.2, 0.25) is 0 Å². The average molecular weight is 333 g/mol. The van der Waals surface area contributed by atoms with Gasteiger partial charge in [0.15, 0.2) is 4.80 Å². The molecular formula is C20H32N2S. The predicted molar refractivity (Wildman–Crippen MR) is 103 cm³/mol. The predicted octanol–water partition coefficient (Wildman–Crippen LogP) is 6.06. The molecule has 2 rings (SSSR count). The minimum absolute atomic E-state index is 0.969. The topological polar surface area (TPSA) is 17.3 Å². The van der Waals surface area contributed by atoms with Crippen LogP contribution in [0.25, 0.3) is 10.2 Å². The van der Waals surface area contributed by atoms with Crippen LogP contribution >= 0.6 is 11.3 Å². The molecule has 0 unspecified atom stereocenters. The van der Waals surface area contributed by atoms with E-state index in [0.717, 1.165) is 11.3 Å². The molecule has 128 valence electrons. The Morgan fingerprint density at radius 3 is 2.13 bits per heavy atom. The Morgan fingerprint density at radius 1 is 0.870 bits per heavy atom. The van der Waals surface area contributed by atoms with Crippen molar-refractivity contribution in [1.82, 2.24) is 4.57 Å². The monoisotopic (exact) mass is 332 g/mol. The molecule has 3 heteroatoms. The standard InChI is InChI=1S/C20H32N2S/c1-3-4-5-6-7-8-9-10-11-14-17-21-20-22(2)18-15-12-13-16-19(18)23-20/h12-13,15-16H,3-11,14,17H2,1-2H3. The molecule has 0 spiro atoms. The van der Waals surface area contributed by atoms with Gasteiger partial charge in [0.1, 0.15) is 0 Å². The van der Waals surface area contributed by atoms with Crippen LogP contribution < -0.4 is 4.80 Å². The van der Waals surface area contributed by atoms with Gasteiger partial charge in [0, 0.05) is 13.6 Å². The second-order valence-corrected chi connectivity index (χ2v) is 7.48. The molecule has 0 aliphatic carbocycles. The second kappa shape index (κ2) is 10.6. The van der Waals surface area contributed by atoms with Crippen molar-refractivity contribution in [3.63, 3.8) is 0 Å². The third kappa shape index (κ3) is 6.14. The molecule has 0 aliphatic rings. The minimum atomic E-state index is 0.969. The summed E-state index contributed by atoms with van der Waals surface area (Å²) in [5.74, 6) is 0. The summed E-state index contributed by atoms with van der Waals surface area (Å²) in [5.41, 5.74) is 1.29. The van der Waals surface area contributed by atoms with E-state index in [1.54, 1.807) is 11.3 Å². The van der Waals surface area contributed by atoms with E-state index in [4.69, 9.17) is 4.99 Å². The van der Waals surface area contributed by atoms with Crippen molar-refractivity contribution in [3.8, 4) is 0 Å².